The minimum Gasteiger partial charge on any atom is -0.298 e. The highest BCUT2D eigenvalue weighted by molar-refractivity contribution is 5.89. The van der Waals surface area contributed by atoms with E-state index in [0.29, 0.717) is 12.8 Å². The zero-order chi connectivity index (χ0) is 9.41. The van der Waals surface area contributed by atoms with Crippen molar-refractivity contribution in [2.45, 2.75) is 31.5 Å². The molecule has 12 heavy (non-hydrogen) atoms. The van der Waals surface area contributed by atoms with Crippen LogP contribution in [0.4, 0.5) is 13.2 Å². The largest absolute Gasteiger partial charge is 0.401 e. The van der Waals surface area contributed by atoms with Crippen molar-refractivity contribution in [2.75, 3.05) is 6.54 Å². The number of Topliss-reactive ketones (excluding diaryl/α,β-unsaturated/α-hetero) is 1. The molecule has 5 heteroatoms. The number of rotatable bonds is 3. The van der Waals surface area contributed by atoms with Crippen molar-refractivity contribution in [2.24, 2.45) is 0 Å². The van der Waals surface area contributed by atoms with Crippen molar-refractivity contribution in [3.05, 3.63) is 0 Å². The molecule has 1 fully saturated rings. The van der Waals surface area contributed by atoms with Gasteiger partial charge in [0.05, 0.1) is 12.1 Å². The van der Waals surface area contributed by atoms with Gasteiger partial charge in [0.1, 0.15) is 5.78 Å². The van der Waals surface area contributed by atoms with Gasteiger partial charge < -0.3 is 0 Å². The van der Waals surface area contributed by atoms with Gasteiger partial charge in [0.2, 0.25) is 0 Å². The smallest absolute Gasteiger partial charge is 0.298 e. The van der Waals surface area contributed by atoms with E-state index in [-0.39, 0.29) is 5.78 Å². The monoisotopic (exact) mass is 181 g/mol. The fourth-order valence-corrected chi connectivity index (χ4v) is 1.05. The molecule has 1 saturated carbocycles. The maximum Gasteiger partial charge on any atom is 0.401 e. The Balaban J connectivity index is 2.37. The molecule has 70 valence electrons. The first-order valence-electron chi connectivity index (χ1n) is 3.69. The van der Waals surface area contributed by atoms with Crippen molar-refractivity contribution >= 4 is 5.78 Å². The Morgan fingerprint density at radius 3 is 2.25 bits per heavy atom. The second-order valence-corrected chi connectivity index (χ2v) is 3.11. The fraction of sp³-hybridized carbons (Fsp3) is 0.857. The molecule has 0 aromatic rings. The molecule has 2 nitrogen and oxygen atoms in total. The van der Waals surface area contributed by atoms with Gasteiger partial charge in [-0.05, 0) is 19.8 Å². The molecule has 1 aliphatic rings. The van der Waals surface area contributed by atoms with Crippen molar-refractivity contribution in [1.82, 2.24) is 5.32 Å². The van der Waals surface area contributed by atoms with Gasteiger partial charge in [0.25, 0.3) is 0 Å². The summed E-state index contributed by atoms with van der Waals surface area (Å²) < 4.78 is 35.1. The topological polar surface area (TPSA) is 29.1 Å². The molecule has 0 atom stereocenters. The number of hydrogen-bond donors (Lipinski definition) is 1. The summed E-state index contributed by atoms with van der Waals surface area (Å²) in [5.41, 5.74) is -0.852. The second-order valence-electron chi connectivity index (χ2n) is 3.11. The lowest BCUT2D eigenvalue weighted by Crippen LogP contribution is -2.43. The Bertz CT molecular complexity index is 195. The van der Waals surface area contributed by atoms with Crippen LogP contribution in [0.1, 0.15) is 19.8 Å². The summed E-state index contributed by atoms with van der Waals surface area (Å²) in [5, 5.41) is 2.23. The first-order valence-corrected chi connectivity index (χ1v) is 3.69. The van der Waals surface area contributed by atoms with Crippen molar-refractivity contribution in [3.8, 4) is 0 Å². The fourth-order valence-electron chi connectivity index (χ4n) is 1.05. The summed E-state index contributed by atoms with van der Waals surface area (Å²) in [5.74, 6) is -0.202. The standard InChI is InChI=1S/C7H10F3NO/c1-5(12)6(2-3-6)11-4-7(8,9)10/h11H,2-4H2,1H3. The van der Waals surface area contributed by atoms with Gasteiger partial charge in [-0.2, -0.15) is 13.2 Å². The molecule has 0 spiro atoms. The van der Waals surface area contributed by atoms with Crippen molar-refractivity contribution in [1.29, 1.82) is 0 Å². The van der Waals surface area contributed by atoms with Gasteiger partial charge >= 0.3 is 6.18 Å². The minimum absolute atomic E-state index is 0.202. The summed E-state index contributed by atoms with van der Waals surface area (Å²) in [6.45, 7) is 0.239. The van der Waals surface area contributed by atoms with E-state index < -0.39 is 18.3 Å². The molecular formula is C7H10F3NO. The number of halogens is 3. The number of carbonyl (C=O) groups excluding carboxylic acids is 1. The highest BCUT2D eigenvalue weighted by Gasteiger charge is 2.48. The maximum atomic E-state index is 11.7. The zero-order valence-corrected chi connectivity index (χ0v) is 6.66. The second kappa shape index (κ2) is 2.73. The van der Waals surface area contributed by atoms with Crippen LogP contribution < -0.4 is 5.32 Å². The van der Waals surface area contributed by atoms with Crippen LogP contribution in [0.5, 0.6) is 0 Å². The van der Waals surface area contributed by atoms with Gasteiger partial charge in [-0.3, -0.25) is 10.1 Å². The lowest BCUT2D eigenvalue weighted by Gasteiger charge is -2.15. The third-order valence-electron chi connectivity index (χ3n) is 2.05. The van der Waals surface area contributed by atoms with E-state index >= 15 is 0 Å². The van der Waals surface area contributed by atoms with E-state index in [1.54, 1.807) is 0 Å². The SMILES string of the molecule is CC(=O)C1(NCC(F)(F)F)CC1. The van der Waals surface area contributed by atoms with Crippen LogP contribution in [0, 0.1) is 0 Å². The lowest BCUT2D eigenvalue weighted by atomic mass is 10.2. The van der Waals surface area contributed by atoms with Gasteiger partial charge in [-0.1, -0.05) is 0 Å². The van der Waals surface area contributed by atoms with Gasteiger partial charge in [-0.15, -0.1) is 0 Å². The Kier molecular flexibility index (Phi) is 2.16. The third kappa shape index (κ3) is 2.20. The normalized spacial score (nSPS) is 20.7. The van der Waals surface area contributed by atoms with Crippen molar-refractivity contribution in [3.63, 3.8) is 0 Å². The summed E-state index contributed by atoms with van der Waals surface area (Å²) in [7, 11) is 0. The summed E-state index contributed by atoms with van der Waals surface area (Å²) in [4.78, 5) is 10.8. The molecule has 1 rings (SSSR count). The molecule has 0 saturated heterocycles. The van der Waals surface area contributed by atoms with E-state index in [0.717, 1.165) is 0 Å². The first kappa shape index (κ1) is 9.51. The Labute approximate surface area is 68.1 Å². The molecule has 0 radical (unpaired) electrons. The quantitative estimate of drug-likeness (QED) is 0.710. The van der Waals surface area contributed by atoms with Crippen LogP contribution in [0.15, 0.2) is 0 Å². The predicted octanol–water partition coefficient (Wildman–Crippen LogP) is 1.26. The van der Waals surface area contributed by atoms with E-state index in [1.165, 1.54) is 6.92 Å². The van der Waals surface area contributed by atoms with Crippen LogP contribution in [0.3, 0.4) is 0 Å². The van der Waals surface area contributed by atoms with Gasteiger partial charge in [0, 0.05) is 0 Å². The summed E-state index contributed by atoms with van der Waals surface area (Å²) in [6, 6.07) is 0. The molecule has 1 N–H and O–H groups in total. The number of alkyl halides is 3. The Morgan fingerprint density at radius 2 is 2.00 bits per heavy atom. The van der Waals surface area contributed by atoms with Crippen LogP contribution in [0.2, 0.25) is 0 Å². The van der Waals surface area contributed by atoms with Crippen LogP contribution in [-0.4, -0.2) is 24.0 Å². The summed E-state index contributed by atoms with van der Waals surface area (Å²) >= 11 is 0. The average molecular weight is 181 g/mol. The van der Waals surface area contributed by atoms with E-state index in [2.05, 4.69) is 5.32 Å². The minimum atomic E-state index is -4.23. The van der Waals surface area contributed by atoms with Crippen LogP contribution in [0.25, 0.3) is 0 Å². The zero-order valence-electron chi connectivity index (χ0n) is 6.66. The number of carbonyl (C=O) groups is 1. The number of hydrogen-bond acceptors (Lipinski definition) is 2. The average Bonchev–Trinajstić information content (AvgIpc) is 2.61. The molecule has 0 bridgehead atoms. The van der Waals surface area contributed by atoms with E-state index in [4.69, 9.17) is 0 Å². The number of ketones is 1. The number of nitrogens with one attached hydrogen (secondary N) is 1. The maximum absolute atomic E-state index is 11.7. The molecule has 0 aromatic carbocycles. The Morgan fingerprint density at radius 1 is 1.50 bits per heavy atom. The molecule has 0 unspecified atom stereocenters. The molecule has 0 aromatic heterocycles. The molecule has 0 heterocycles. The predicted molar refractivity (Wildman–Crippen MR) is 36.7 cm³/mol. The van der Waals surface area contributed by atoms with Gasteiger partial charge in [-0.25, -0.2) is 0 Å². The first-order chi connectivity index (χ1) is 5.36. The van der Waals surface area contributed by atoms with E-state index in [1.807, 2.05) is 0 Å². The Hall–Kier alpha value is -0.580. The molecule has 0 aliphatic heterocycles. The van der Waals surface area contributed by atoms with E-state index in [9.17, 15) is 18.0 Å². The van der Waals surface area contributed by atoms with Crippen LogP contribution in [-0.2, 0) is 4.79 Å². The molecule has 0 amide bonds. The highest BCUT2D eigenvalue weighted by Crippen LogP contribution is 2.36. The van der Waals surface area contributed by atoms with Crippen LogP contribution >= 0.6 is 0 Å². The van der Waals surface area contributed by atoms with Gasteiger partial charge in [0.15, 0.2) is 0 Å². The third-order valence-corrected chi connectivity index (χ3v) is 2.05. The molecule has 1 aliphatic carbocycles. The highest BCUT2D eigenvalue weighted by atomic mass is 19.4. The summed E-state index contributed by atoms with van der Waals surface area (Å²) in [6.07, 6.45) is -3.18. The molecular weight excluding hydrogens is 171 g/mol. The van der Waals surface area contributed by atoms with Crippen molar-refractivity contribution < 1.29 is 18.0 Å². The lowest BCUT2D eigenvalue weighted by molar-refractivity contribution is -0.131.